The standard InChI is InChI=1S/C19H16ClN3O3S/c20-15-6-4-14(5-7-15)11-22-12-16(8-9-18(22)25)21-17(24)13-27-19-3-1-2-10-23(19)26/h1-10,12H,11,13H2,(H,21,24). The predicted molar refractivity (Wildman–Crippen MR) is 106 cm³/mol. The molecule has 6 nitrogen and oxygen atoms in total. The van der Waals surface area contributed by atoms with Gasteiger partial charge in [-0.1, -0.05) is 23.7 Å². The molecule has 0 aliphatic heterocycles. The number of pyridine rings is 2. The molecule has 0 aliphatic rings. The number of hydrogen-bond donors (Lipinski definition) is 1. The van der Waals surface area contributed by atoms with Gasteiger partial charge in [0.15, 0.2) is 6.20 Å². The second-order valence-electron chi connectivity index (χ2n) is 5.71. The van der Waals surface area contributed by atoms with E-state index in [9.17, 15) is 14.8 Å². The molecule has 0 aliphatic carbocycles. The maximum Gasteiger partial charge on any atom is 0.251 e. The van der Waals surface area contributed by atoms with Gasteiger partial charge in [-0.05, 0) is 41.6 Å². The number of halogens is 1. The van der Waals surface area contributed by atoms with E-state index in [2.05, 4.69) is 5.32 Å². The van der Waals surface area contributed by atoms with Crippen molar-refractivity contribution in [1.82, 2.24) is 4.57 Å². The normalized spacial score (nSPS) is 10.6. The molecule has 8 heteroatoms. The van der Waals surface area contributed by atoms with Crippen molar-refractivity contribution in [2.75, 3.05) is 11.1 Å². The van der Waals surface area contributed by atoms with Gasteiger partial charge in [-0.25, -0.2) is 0 Å². The van der Waals surface area contributed by atoms with E-state index in [-0.39, 0.29) is 17.2 Å². The monoisotopic (exact) mass is 401 g/mol. The molecule has 0 saturated carbocycles. The first-order valence-corrected chi connectivity index (χ1v) is 9.43. The van der Waals surface area contributed by atoms with E-state index >= 15 is 0 Å². The number of thioether (sulfide) groups is 1. The number of aromatic nitrogens is 2. The van der Waals surface area contributed by atoms with Gasteiger partial charge in [-0.2, -0.15) is 4.73 Å². The molecule has 27 heavy (non-hydrogen) atoms. The van der Waals surface area contributed by atoms with Crippen molar-refractivity contribution in [3.8, 4) is 0 Å². The molecule has 1 aromatic carbocycles. The van der Waals surface area contributed by atoms with E-state index in [0.717, 1.165) is 17.3 Å². The average Bonchev–Trinajstić information content (AvgIpc) is 2.65. The van der Waals surface area contributed by atoms with Crippen LogP contribution in [0.25, 0.3) is 0 Å². The minimum Gasteiger partial charge on any atom is -0.618 e. The number of hydrogen-bond acceptors (Lipinski definition) is 4. The number of rotatable bonds is 6. The van der Waals surface area contributed by atoms with Crippen LogP contribution in [0.2, 0.25) is 5.02 Å². The van der Waals surface area contributed by atoms with Gasteiger partial charge in [-0.15, -0.1) is 0 Å². The van der Waals surface area contributed by atoms with Crippen LogP contribution in [0.4, 0.5) is 5.69 Å². The summed E-state index contributed by atoms with van der Waals surface area (Å²) in [5.41, 5.74) is 1.26. The summed E-state index contributed by atoms with van der Waals surface area (Å²) in [6.07, 6.45) is 2.97. The Morgan fingerprint density at radius 3 is 2.67 bits per heavy atom. The van der Waals surface area contributed by atoms with Gasteiger partial charge < -0.3 is 15.1 Å². The summed E-state index contributed by atoms with van der Waals surface area (Å²) >= 11 is 7.02. The maximum absolute atomic E-state index is 12.1. The first-order valence-electron chi connectivity index (χ1n) is 8.07. The predicted octanol–water partition coefficient (Wildman–Crippen LogP) is 2.91. The lowest BCUT2D eigenvalue weighted by molar-refractivity contribution is -0.645. The number of nitrogens with one attached hydrogen (secondary N) is 1. The lowest BCUT2D eigenvalue weighted by atomic mass is 10.2. The second-order valence-corrected chi connectivity index (χ2v) is 7.14. The zero-order valence-electron chi connectivity index (χ0n) is 14.2. The van der Waals surface area contributed by atoms with E-state index in [0.29, 0.717) is 27.0 Å². The Kier molecular flexibility index (Phi) is 6.16. The van der Waals surface area contributed by atoms with E-state index < -0.39 is 0 Å². The smallest absolute Gasteiger partial charge is 0.251 e. The Morgan fingerprint density at radius 1 is 1.15 bits per heavy atom. The summed E-state index contributed by atoms with van der Waals surface area (Å²) in [5.74, 6) is -0.178. The third-order valence-electron chi connectivity index (χ3n) is 3.67. The van der Waals surface area contributed by atoms with Crippen LogP contribution < -0.4 is 15.6 Å². The lowest BCUT2D eigenvalue weighted by Crippen LogP contribution is -2.28. The average molecular weight is 402 g/mol. The Labute approximate surface area is 165 Å². The number of anilines is 1. The molecule has 0 fully saturated rings. The topological polar surface area (TPSA) is 78.0 Å². The number of nitrogens with zero attached hydrogens (tertiary/aromatic N) is 2. The quantitative estimate of drug-likeness (QED) is 0.391. The number of carbonyl (C=O) groups excluding carboxylic acids is 1. The van der Waals surface area contributed by atoms with Crippen molar-refractivity contribution < 1.29 is 9.52 Å². The fourth-order valence-corrected chi connectivity index (χ4v) is 3.22. The van der Waals surface area contributed by atoms with Gasteiger partial charge in [0.25, 0.3) is 10.6 Å². The van der Waals surface area contributed by atoms with E-state index in [1.54, 1.807) is 42.6 Å². The van der Waals surface area contributed by atoms with Gasteiger partial charge in [-0.3, -0.25) is 9.59 Å². The molecule has 138 valence electrons. The second kappa shape index (κ2) is 8.75. The largest absolute Gasteiger partial charge is 0.618 e. The molecule has 0 radical (unpaired) electrons. The van der Waals surface area contributed by atoms with E-state index in [1.807, 2.05) is 12.1 Å². The lowest BCUT2D eigenvalue weighted by Gasteiger charge is -2.10. The molecule has 0 unspecified atom stereocenters. The Balaban J connectivity index is 1.64. The molecule has 0 spiro atoms. The Morgan fingerprint density at radius 2 is 1.93 bits per heavy atom. The van der Waals surface area contributed by atoms with Crippen LogP contribution in [0.1, 0.15) is 5.56 Å². The Bertz CT molecular complexity index is 1010. The minimum atomic E-state index is -0.263. The van der Waals surface area contributed by atoms with Crippen LogP contribution in [0.15, 0.2) is 76.8 Å². The van der Waals surface area contributed by atoms with Gasteiger partial charge in [0, 0.05) is 29.4 Å². The van der Waals surface area contributed by atoms with Gasteiger partial charge in [0.2, 0.25) is 5.91 Å². The first kappa shape index (κ1) is 19.0. The number of carbonyl (C=O) groups is 1. The van der Waals surface area contributed by atoms with Crippen LogP contribution in [0.3, 0.4) is 0 Å². The zero-order valence-corrected chi connectivity index (χ0v) is 15.7. The van der Waals surface area contributed by atoms with Crippen molar-refractivity contribution in [3.63, 3.8) is 0 Å². The number of benzene rings is 1. The van der Waals surface area contributed by atoms with Crippen LogP contribution in [0.5, 0.6) is 0 Å². The first-order chi connectivity index (χ1) is 13.0. The van der Waals surface area contributed by atoms with Crippen molar-refractivity contribution >= 4 is 35.0 Å². The SMILES string of the molecule is O=C(CSc1cccc[n+]1[O-])Nc1ccc(=O)n(Cc2ccc(Cl)cc2)c1. The minimum absolute atomic E-state index is 0.0859. The highest BCUT2D eigenvalue weighted by molar-refractivity contribution is 7.99. The van der Waals surface area contributed by atoms with Gasteiger partial charge in [0.05, 0.1) is 18.0 Å². The summed E-state index contributed by atoms with van der Waals surface area (Å²) in [5, 5.41) is 15.4. The maximum atomic E-state index is 12.1. The zero-order chi connectivity index (χ0) is 19.2. The molecule has 0 atom stereocenters. The third-order valence-corrected chi connectivity index (χ3v) is 4.94. The van der Waals surface area contributed by atoms with Crippen molar-refractivity contribution in [2.24, 2.45) is 0 Å². The molecule has 0 saturated heterocycles. The molecule has 2 heterocycles. The molecule has 1 N–H and O–H groups in total. The summed E-state index contributed by atoms with van der Waals surface area (Å²) in [6, 6.07) is 15.2. The van der Waals surface area contributed by atoms with Crippen LogP contribution in [-0.4, -0.2) is 16.2 Å². The van der Waals surface area contributed by atoms with Crippen LogP contribution in [0, 0.1) is 5.21 Å². The molecule has 1 amide bonds. The fourth-order valence-electron chi connectivity index (χ4n) is 2.38. The highest BCUT2D eigenvalue weighted by Crippen LogP contribution is 2.14. The summed E-state index contributed by atoms with van der Waals surface area (Å²) in [7, 11) is 0. The summed E-state index contributed by atoms with van der Waals surface area (Å²) in [4.78, 5) is 24.2. The van der Waals surface area contributed by atoms with Crippen LogP contribution >= 0.6 is 23.4 Å². The van der Waals surface area contributed by atoms with Crippen molar-refractivity contribution in [3.05, 3.63) is 93.1 Å². The molecule has 3 aromatic rings. The summed E-state index contributed by atoms with van der Waals surface area (Å²) < 4.78 is 2.22. The molecule has 2 aromatic heterocycles. The van der Waals surface area contributed by atoms with E-state index in [4.69, 9.17) is 11.6 Å². The van der Waals surface area contributed by atoms with Gasteiger partial charge in [0.1, 0.15) is 0 Å². The fraction of sp³-hybridized carbons (Fsp3) is 0.105. The molecular weight excluding hydrogens is 386 g/mol. The highest BCUT2D eigenvalue weighted by atomic mass is 35.5. The van der Waals surface area contributed by atoms with Crippen LogP contribution in [-0.2, 0) is 11.3 Å². The molecule has 0 bridgehead atoms. The van der Waals surface area contributed by atoms with E-state index in [1.165, 1.54) is 16.8 Å². The third kappa shape index (κ3) is 5.35. The highest BCUT2D eigenvalue weighted by Gasteiger charge is 2.10. The Hall–Kier alpha value is -2.77. The summed E-state index contributed by atoms with van der Waals surface area (Å²) in [6.45, 7) is 0.370. The van der Waals surface area contributed by atoms with Gasteiger partial charge >= 0.3 is 0 Å². The molecular formula is C19H16ClN3O3S. The van der Waals surface area contributed by atoms with Crippen molar-refractivity contribution in [1.29, 1.82) is 0 Å². The van der Waals surface area contributed by atoms with Crippen molar-refractivity contribution in [2.45, 2.75) is 11.6 Å². The molecule has 3 rings (SSSR count). The number of amides is 1.